The van der Waals surface area contributed by atoms with Crippen molar-refractivity contribution < 1.29 is 9.35 Å². The minimum Gasteiger partial charge on any atom is -0.417 e. The van der Waals surface area contributed by atoms with E-state index in [1.165, 1.54) is 25.3 Å². The molecule has 1 aromatic rings. The van der Waals surface area contributed by atoms with E-state index in [4.69, 9.17) is 4.43 Å². The Morgan fingerprint density at radius 1 is 1.41 bits per heavy atom. The minimum absolute atomic E-state index is 0.0913. The summed E-state index contributed by atoms with van der Waals surface area (Å²) in [4.78, 5) is 16.3. The smallest absolute Gasteiger partial charge is 0.363 e. The first kappa shape index (κ1) is 16.9. The van der Waals surface area contributed by atoms with Crippen molar-refractivity contribution in [3.63, 3.8) is 0 Å². The Hall–Kier alpha value is -1.47. The summed E-state index contributed by atoms with van der Waals surface area (Å²) in [5.41, 5.74) is 0.983. The molecular formula is C15H24N3O3Si. The monoisotopic (exact) mass is 322 g/mol. The second-order valence-electron chi connectivity index (χ2n) is 5.96. The maximum Gasteiger partial charge on any atom is 0.363 e. The molecule has 22 heavy (non-hydrogen) atoms. The molecule has 7 heteroatoms. The van der Waals surface area contributed by atoms with Crippen LogP contribution >= 0.6 is 0 Å². The Balaban J connectivity index is 1.73. The van der Waals surface area contributed by atoms with Crippen LogP contribution in [-0.2, 0) is 4.43 Å². The van der Waals surface area contributed by atoms with E-state index in [9.17, 15) is 10.1 Å². The third-order valence-electron chi connectivity index (χ3n) is 4.05. The fraction of sp³-hybridized carbons (Fsp3) is 0.667. The lowest BCUT2D eigenvalue weighted by Gasteiger charge is -2.33. The topological polar surface area (TPSA) is 68.5 Å². The van der Waals surface area contributed by atoms with Crippen molar-refractivity contribution in [2.24, 2.45) is 5.92 Å². The van der Waals surface area contributed by atoms with E-state index in [2.05, 4.69) is 23.0 Å². The summed E-state index contributed by atoms with van der Waals surface area (Å²) < 4.78 is 5.68. The van der Waals surface area contributed by atoms with Gasteiger partial charge in [0.25, 0.3) is 0 Å². The molecule has 0 unspecified atom stereocenters. The first-order chi connectivity index (χ1) is 10.6. The van der Waals surface area contributed by atoms with Gasteiger partial charge in [0.1, 0.15) is 0 Å². The molecule has 2 heterocycles. The molecule has 121 valence electrons. The normalized spacial score (nSPS) is 16.2. The largest absolute Gasteiger partial charge is 0.417 e. The van der Waals surface area contributed by atoms with Crippen molar-refractivity contribution in [3.8, 4) is 0 Å². The molecule has 1 aliphatic rings. The number of pyridine rings is 1. The van der Waals surface area contributed by atoms with E-state index < -0.39 is 14.0 Å². The van der Waals surface area contributed by atoms with Crippen LogP contribution in [0, 0.1) is 16.0 Å². The van der Waals surface area contributed by atoms with Gasteiger partial charge in [-0.1, -0.05) is 0 Å². The molecule has 1 aliphatic heterocycles. The van der Waals surface area contributed by atoms with Crippen molar-refractivity contribution in [1.82, 2.24) is 4.98 Å². The SMILES string of the molecule is C[Si](C)OCCCC1CCN(c2ccc([N+](=O)[O-])nc2)CC1. The lowest BCUT2D eigenvalue weighted by atomic mass is 9.92. The molecule has 1 saturated heterocycles. The number of hydrogen-bond donors (Lipinski definition) is 0. The van der Waals surface area contributed by atoms with E-state index >= 15 is 0 Å². The zero-order chi connectivity index (χ0) is 15.9. The van der Waals surface area contributed by atoms with Gasteiger partial charge in [-0.3, -0.25) is 0 Å². The maximum absolute atomic E-state index is 10.6. The average molecular weight is 322 g/mol. The summed E-state index contributed by atoms with van der Waals surface area (Å²) >= 11 is 0. The summed E-state index contributed by atoms with van der Waals surface area (Å²) in [5, 5.41) is 10.6. The zero-order valence-corrected chi connectivity index (χ0v) is 14.3. The van der Waals surface area contributed by atoms with Gasteiger partial charge in [-0.25, -0.2) is 0 Å². The Morgan fingerprint density at radius 2 is 2.14 bits per heavy atom. The molecule has 0 aromatic carbocycles. The van der Waals surface area contributed by atoms with Crippen molar-refractivity contribution in [1.29, 1.82) is 0 Å². The number of aromatic nitrogens is 1. The van der Waals surface area contributed by atoms with Crippen LogP contribution in [0.25, 0.3) is 0 Å². The fourth-order valence-electron chi connectivity index (χ4n) is 2.80. The first-order valence-corrected chi connectivity index (χ1v) is 10.3. The molecule has 6 nitrogen and oxygen atoms in total. The molecule has 0 N–H and O–H groups in total. The van der Waals surface area contributed by atoms with Gasteiger partial charge < -0.3 is 19.4 Å². The predicted octanol–water partition coefficient (Wildman–Crippen LogP) is 3.25. The predicted molar refractivity (Wildman–Crippen MR) is 88.5 cm³/mol. The highest BCUT2D eigenvalue weighted by molar-refractivity contribution is 6.48. The quantitative estimate of drug-likeness (QED) is 0.333. The van der Waals surface area contributed by atoms with Crippen LogP contribution in [0.4, 0.5) is 11.5 Å². The van der Waals surface area contributed by atoms with Crippen LogP contribution in [0.5, 0.6) is 0 Å². The number of hydrogen-bond acceptors (Lipinski definition) is 5. The van der Waals surface area contributed by atoms with Crippen LogP contribution < -0.4 is 4.90 Å². The summed E-state index contributed by atoms with van der Waals surface area (Å²) in [6, 6.07) is 3.28. The second kappa shape index (κ2) is 8.24. The number of nitrogens with zero attached hydrogens (tertiary/aromatic N) is 3. The molecule has 0 atom stereocenters. The Kier molecular flexibility index (Phi) is 6.32. The molecule has 1 radical (unpaired) electrons. The fourth-order valence-corrected chi connectivity index (χ4v) is 3.35. The van der Waals surface area contributed by atoms with Gasteiger partial charge in [-0.05, 0) is 60.7 Å². The first-order valence-electron chi connectivity index (χ1n) is 7.84. The van der Waals surface area contributed by atoms with Gasteiger partial charge in [0, 0.05) is 25.8 Å². The summed E-state index contributed by atoms with van der Waals surface area (Å²) in [7, 11) is -0.554. The van der Waals surface area contributed by atoms with Crippen molar-refractivity contribution in [2.75, 3.05) is 24.6 Å². The number of nitro groups is 1. The third-order valence-corrected chi connectivity index (χ3v) is 4.83. The van der Waals surface area contributed by atoms with E-state index in [1.807, 2.05) is 0 Å². The molecule has 0 aliphatic carbocycles. The van der Waals surface area contributed by atoms with Crippen molar-refractivity contribution in [3.05, 3.63) is 28.4 Å². The van der Waals surface area contributed by atoms with Gasteiger partial charge in [0.2, 0.25) is 9.04 Å². The molecular weight excluding hydrogens is 298 g/mol. The van der Waals surface area contributed by atoms with E-state index in [0.29, 0.717) is 0 Å². The van der Waals surface area contributed by atoms with Gasteiger partial charge >= 0.3 is 5.82 Å². The molecule has 1 fully saturated rings. The molecule has 0 saturated carbocycles. The molecule has 1 aromatic heterocycles. The standard InChI is InChI=1S/C15H24N3O3Si/c1-22(2)21-11-3-4-13-7-9-17(10-8-13)14-5-6-15(16-12-14)18(19)20/h5-6,12-13H,3-4,7-11H2,1-2H3. The Labute approximate surface area is 133 Å². The second-order valence-corrected chi connectivity index (χ2v) is 8.07. The number of piperidine rings is 1. The van der Waals surface area contributed by atoms with Gasteiger partial charge in [0.05, 0.1) is 5.69 Å². The molecule has 0 bridgehead atoms. The van der Waals surface area contributed by atoms with Crippen LogP contribution in [0.1, 0.15) is 25.7 Å². The highest BCUT2D eigenvalue weighted by Crippen LogP contribution is 2.26. The lowest BCUT2D eigenvalue weighted by molar-refractivity contribution is -0.389. The summed E-state index contributed by atoms with van der Waals surface area (Å²) in [6.45, 7) is 7.24. The average Bonchev–Trinajstić information content (AvgIpc) is 2.52. The van der Waals surface area contributed by atoms with Gasteiger partial charge in [-0.2, -0.15) is 0 Å². The van der Waals surface area contributed by atoms with Crippen molar-refractivity contribution >= 4 is 20.5 Å². The Bertz CT molecular complexity index is 473. The van der Waals surface area contributed by atoms with Crippen LogP contribution in [0.2, 0.25) is 13.1 Å². The highest BCUT2D eigenvalue weighted by Gasteiger charge is 2.20. The molecule has 2 rings (SSSR count). The number of rotatable bonds is 7. The van der Waals surface area contributed by atoms with Crippen LogP contribution in [0.3, 0.4) is 0 Å². The van der Waals surface area contributed by atoms with Gasteiger partial charge in [-0.15, -0.1) is 0 Å². The molecule has 0 amide bonds. The van der Waals surface area contributed by atoms with Crippen LogP contribution in [0.15, 0.2) is 18.3 Å². The highest BCUT2D eigenvalue weighted by atomic mass is 28.3. The van der Waals surface area contributed by atoms with E-state index in [1.54, 1.807) is 12.3 Å². The van der Waals surface area contributed by atoms with E-state index in [-0.39, 0.29) is 5.82 Å². The zero-order valence-electron chi connectivity index (χ0n) is 13.3. The summed E-state index contributed by atoms with van der Waals surface area (Å²) in [6.07, 6.45) is 6.35. The van der Waals surface area contributed by atoms with Crippen molar-refractivity contribution in [2.45, 2.75) is 38.8 Å². The molecule has 0 spiro atoms. The van der Waals surface area contributed by atoms with E-state index in [0.717, 1.165) is 37.7 Å². The van der Waals surface area contributed by atoms with Crippen LogP contribution in [-0.4, -0.2) is 38.6 Å². The summed E-state index contributed by atoms with van der Waals surface area (Å²) in [5.74, 6) is 0.682. The minimum atomic E-state index is -0.554. The number of anilines is 1. The van der Waals surface area contributed by atoms with Gasteiger partial charge in [0.15, 0.2) is 6.20 Å². The maximum atomic E-state index is 10.6. The Morgan fingerprint density at radius 3 is 2.68 bits per heavy atom. The lowest BCUT2D eigenvalue weighted by Crippen LogP contribution is -2.33. The third kappa shape index (κ3) is 5.06.